The van der Waals surface area contributed by atoms with E-state index < -0.39 is 0 Å². The van der Waals surface area contributed by atoms with Gasteiger partial charge in [0.05, 0.1) is 6.61 Å². The lowest BCUT2D eigenvalue weighted by Gasteiger charge is -2.15. The highest BCUT2D eigenvalue weighted by atomic mass is 32.2. The van der Waals surface area contributed by atoms with E-state index in [4.69, 9.17) is 4.74 Å². The van der Waals surface area contributed by atoms with Crippen LogP contribution in [0.1, 0.15) is 70.2 Å². The van der Waals surface area contributed by atoms with E-state index in [0.717, 1.165) is 23.8 Å². The fourth-order valence-corrected chi connectivity index (χ4v) is 3.73. The number of ether oxygens (including phenoxy) is 1. The first-order valence-corrected chi connectivity index (χ1v) is 8.90. The van der Waals surface area contributed by atoms with Crippen LogP contribution in [0.2, 0.25) is 0 Å². The number of carbonyl (C=O) groups excluding carboxylic acids is 1. The third-order valence-corrected chi connectivity index (χ3v) is 5.10. The summed E-state index contributed by atoms with van der Waals surface area (Å²) in [5, 5.41) is 9.51. The van der Waals surface area contributed by atoms with E-state index in [1.165, 1.54) is 37.4 Å². The standard InChI is InChI=1S/C15H23N3O2S/c1-3-5-12(14(19)20-4-2)21-15-17-16-13(10-6-7-10)18(15)11-8-9-11/h10-12H,3-9H2,1-2H3. The van der Waals surface area contributed by atoms with Crippen LogP contribution in [0.25, 0.3) is 0 Å². The molecule has 6 heteroatoms. The van der Waals surface area contributed by atoms with Gasteiger partial charge in [-0.05, 0) is 39.0 Å². The van der Waals surface area contributed by atoms with Gasteiger partial charge < -0.3 is 9.30 Å². The Morgan fingerprint density at radius 2 is 2.10 bits per heavy atom. The van der Waals surface area contributed by atoms with E-state index >= 15 is 0 Å². The zero-order valence-electron chi connectivity index (χ0n) is 12.7. The van der Waals surface area contributed by atoms with Gasteiger partial charge in [0, 0.05) is 12.0 Å². The molecule has 0 saturated heterocycles. The van der Waals surface area contributed by atoms with Crippen molar-refractivity contribution in [3.8, 4) is 0 Å². The largest absolute Gasteiger partial charge is 0.465 e. The highest BCUT2D eigenvalue weighted by Crippen LogP contribution is 2.46. The molecule has 1 unspecified atom stereocenters. The third-order valence-electron chi connectivity index (χ3n) is 3.89. The smallest absolute Gasteiger partial charge is 0.319 e. The Hall–Kier alpha value is -1.04. The number of esters is 1. The molecule has 0 amide bonds. The third kappa shape index (κ3) is 3.42. The Bertz CT molecular complexity index is 509. The molecular formula is C15H23N3O2S. The molecule has 0 bridgehead atoms. The molecule has 0 N–H and O–H groups in total. The number of rotatable bonds is 8. The molecule has 0 spiro atoms. The summed E-state index contributed by atoms with van der Waals surface area (Å²) in [5.41, 5.74) is 0. The van der Waals surface area contributed by atoms with Gasteiger partial charge in [-0.1, -0.05) is 25.1 Å². The van der Waals surface area contributed by atoms with Crippen molar-refractivity contribution in [2.45, 2.75) is 74.7 Å². The minimum atomic E-state index is -0.163. The van der Waals surface area contributed by atoms with Crippen LogP contribution in [0, 0.1) is 0 Å². The molecule has 3 rings (SSSR count). The van der Waals surface area contributed by atoms with Crippen LogP contribution in [0.4, 0.5) is 0 Å². The van der Waals surface area contributed by atoms with Gasteiger partial charge in [0.2, 0.25) is 0 Å². The molecule has 1 atom stereocenters. The number of hydrogen-bond acceptors (Lipinski definition) is 5. The van der Waals surface area contributed by atoms with E-state index in [9.17, 15) is 4.79 Å². The van der Waals surface area contributed by atoms with E-state index in [2.05, 4.69) is 21.7 Å². The second-order valence-corrected chi connectivity index (χ2v) is 7.03. The van der Waals surface area contributed by atoms with E-state index in [1.807, 2.05) is 6.92 Å². The Labute approximate surface area is 129 Å². The molecule has 1 aromatic heterocycles. The summed E-state index contributed by atoms with van der Waals surface area (Å²) in [6.45, 7) is 4.37. The van der Waals surface area contributed by atoms with E-state index in [1.54, 1.807) is 0 Å². The first-order valence-electron chi connectivity index (χ1n) is 8.02. The first-order chi connectivity index (χ1) is 10.2. The topological polar surface area (TPSA) is 57.0 Å². The quantitative estimate of drug-likeness (QED) is 0.544. The van der Waals surface area contributed by atoms with Gasteiger partial charge >= 0.3 is 5.97 Å². The number of carbonyl (C=O) groups is 1. The molecule has 21 heavy (non-hydrogen) atoms. The van der Waals surface area contributed by atoms with E-state index in [0.29, 0.717) is 18.6 Å². The van der Waals surface area contributed by atoms with Gasteiger partial charge in [0.1, 0.15) is 11.1 Å². The van der Waals surface area contributed by atoms with Crippen LogP contribution in [0.15, 0.2) is 5.16 Å². The van der Waals surface area contributed by atoms with Crippen molar-refractivity contribution >= 4 is 17.7 Å². The number of hydrogen-bond donors (Lipinski definition) is 0. The second-order valence-electron chi connectivity index (χ2n) is 5.86. The summed E-state index contributed by atoms with van der Waals surface area (Å²) in [4.78, 5) is 12.1. The Balaban J connectivity index is 1.77. The average Bonchev–Trinajstić information content (AvgIpc) is 3.38. The normalized spacial score (nSPS) is 19.5. The number of thioether (sulfide) groups is 1. The molecule has 2 fully saturated rings. The zero-order valence-corrected chi connectivity index (χ0v) is 13.6. The Morgan fingerprint density at radius 3 is 2.67 bits per heavy atom. The molecule has 1 aromatic rings. The molecule has 2 aliphatic rings. The summed E-state index contributed by atoms with van der Waals surface area (Å²) in [6.07, 6.45) is 6.66. The predicted octanol–water partition coefficient (Wildman–Crippen LogP) is 3.31. The monoisotopic (exact) mass is 309 g/mol. The lowest BCUT2D eigenvalue weighted by Crippen LogP contribution is -2.21. The van der Waals surface area contributed by atoms with Crippen molar-refractivity contribution in [2.24, 2.45) is 0 Å². The molecular weight excluding hydrogens is 286 g/mol. The highest BCUT2D eigenvalue weighted by molar-refractivity contribution is 8.00. The summed E-state index contributed by atoms with van der Waals surface area (Å²) in [5.74, 6) is 1.61. The summed E-state index contributed by atoms with van der Waals surface area (Å²) in [6, 6.07) is 0.558. The second kappa shape index (κ2) is 6.38. The van der Waals surface area contributed by atoms with Gasteiger partial charge in [-0.2, -0.15) is 0 Å². The molecule has 5 nitrogen and oxygen atoms in total. The van der Waals surface area contributed by atoms with Crippen LogP contribution in [0.3, 0.4) is 0 Å². The molecule has 0 aliphatic heterocycles. The number of nitrogens with zero attached hydrogens (tertiary/aromatic N) is 3. The van der Waals surface area contributed by atoms with Gasteiger partial charge in [-0.25, -0.2) is 0 Å². The van der Waals surface area contributed by atoms with Crippen molar-refractivity contribution in [3.05, 3.63) is 5.82 Å². The maximum atomic E-state index is 12.1. The van der Waals surface area contributed by atoms with Crippen molar-refractivity contribution in [1.29, 1.82) is 0 Å². The van der Waals surface area contributed by atoms with Crippen LogP contribution in [0.5, 0.6) is 0 Å². The van der Waals surface area contributed by atoms with Crippen molar-refractivity contribution in [2.75, 3.05) is 6.61 Å². The molecule has 0 radical (unpaired) electrons. The number of aromatic nitrogens is 3. The van der Waals surface area contributed by atoms with Gasteiger partial charge in [-0.15, -0.1) is 10.2 Å². The highest BCUT2D eigenvalue weighted by Gasteiger charge is 2.37. The maximum absolute atomic E-state index is 12.1. The van der Waals surface area contributed by atoms with Crippen LogP contribution < -0.4 is 0 Å². The zero-order chi connectivity index (χ0) is 14.8. The molecule has 0 aromatic carbocycles. The summed E-state index contributed by atoms with van der Waals surface area (Å²) < 4.78 is 7.49. The maximum Gasteiger partial charge on any atom is 0.319 e. The minimum absolute atomic E-state index is 0.123. The molecule has 1 heterocycles. The predicted molar refractivity (Wildman–Crippen MR) is 81.5 cm³/mol. The Morgan fingerprint density at radius 1 is 1.33 bits per heavy atom. The molecule has 2 saturated carbocycles. The van der Waals surface area contributed by atoms with Gasteiger partial charge in [0.25, 0.3) is 0 Å². The summed E-state index contributed by atoms with van der Waals surface area (Å²) in [7, 11) is 0. The van der Waals surface area contributed by atoms with Crippen LogP contribution in [-0.2, 0) is 9.53 Å². The van der Waals surface area contributed by atoms with Crippen molar-refractivity contribution < 1.29 is 9.53 Å². The molecule has 116 valence electrons. The fourth-order valence-electron chi connectivity index (χ4n) is 2.51. The Kier molecular flexibility index (Phi) is 4.52. The first kappa shape index (κ1) is 14.9. The molecule has 2 aliphatic carbocycles. The summed E-state index contributed by atoms with van der Waals surface area (Å²) >= 11 is 1.54. The van der Waals surface area contributed by atoms with E-state index in [-0.39, 0.29) is 11.2 Å². The minimum Gasteiger partial charge on any atom is -0.465 e. The average molecular weight is 309 g/mol. The fraction of sp³-hybridized carbons (Fsp3) is 0.800. The van der Waals surface area contributed by atoms with Crippen molar-refractivity contribution in [1.82, 2.24) is 14.8 Å². The van der Waals surface area contributed by atoms with Gasteiger partial charge in [0.15, 0.2) is 5.16 Å². The van der Waals surface area contributed by atoms with Crippen molar-refractivity contribution in [3.63, 3.8) is 0 Å². The lowest BCUT2D eigenvalue weighted by molar-refractivity contribution is -0.142. The lowest BCUT2D eigenvalue weighted by atomic mass is 10.2. The van der Waals surface area contributed by atoms with Crippen LogP contribution in [-0.4, -0.2) is 32.6 Å². The van der Waals surface area contributed by atoms with Gasteiger partial charge in [-0.3, -0.25) is 4.79 Å². The SMILES string of the molecule is CCCC(Sc1nnc(C2CC2)n1C1CC1)C(=O)OCC. The van der Waals surface area contributed by atoms with Crippen LogP contribution >= 0.6 is 11.8 Å².